The molecular weight excluding hydrogens is 446 g/mol. The van der Waals surface area contributed by atoms with Crippen molar-refractivity contribution in [3.63, 3.8) is 0 Å². The highest BCUT2D eigenvalue weighted by Gasteiger charge is 2.28. The van der Waals surface area contributed by atoms with Gasteiger partial charge in [0.25, 0.3) is 5.56 Å². The molecule has 0 atom stereocenters. The summed E-state index contributed by atoms with van der Waals surface area (Å²) >= 11 is 0. The van der Waals surface area contributed by atoms with Crippen LogP contribution in [0.5, 0.6) is 0 Å². The molecule has 1 aliphatic rings. The molecule has 2 heterocycles. The lowest BCUT2D eigenvalue weighted by molar-refractivity contribution is -0.132. The molecule has 1 aromatic heterocycles. The number of ether oxygens (including phenoxy) is 1. The van der Waals surface area contributed by atoms with Crippen LogP contribution in [0, 0.1) is 12.8 Å². The van der Waals surface area contributed by atoms with Crippen LogP contribution in [0.3, 0.4) is 0 Å². The number of carbonyl (C=O) groups is 3. The summed E-state index contributed by atoms with van der Waals surface area (Å²) in [4.78, 5) is 58.9. The summed E-state index contributed by atoms with van der Waals surface area (Å²) < 4.78 is 4.73. The number of carbonyl (C=O) groups excluding carboxylic acids is 3. The number of likely N-dealkylation sites (tertiary alicyclic amines) is 1. The van der Waals surface area contributed by atoms with Crippen molar-refractivity contribution in [2.45, 2.75) is 39.0 Å². The minimum Gasteiger partial charge on any atom is -0.465 e. The topological polar surface area (TPSA) is 109 Å². The van der Waals surface area contributed by atoms with Gasteiger partial charge in [0.2, 0.25) is 5.91 Å². The van der Waals surface area contributed by atoms with Crippen molar-refractivity contribution in [2.75, 3.05) is 20.2 Å². The Bertz CT molecular complexity index is 1320. The molecule has 1 amide bonds. The van der Waals surface area contributed by atoms with E-state index in [2.05, 4.69) is 9.97 Å². The summed E-state index contributed by atoms with van der Waals surface area (Å²) in [6.07, 6.45) is 2.63. The number of amides is 1. The van der Waals surface area contributed by atoms with E-state index in [1.54, 1.807) is 35.2 Å². The van der Waals surface area contributed by atoms with E-state index < -0.39 is 5.97 Å². The Kier molecular flexibility index (Phi) is 7.39. The van der Waals surface area contributed by atoms with E-state index in [-0.39, 0.29) is 23.2 Å². The lowest BCUT2D eigenvalue weighted by atomic mass is 9.88. The van der Waals surface area contributed by atoms with Gasteiger partial charge in [0, 0.05) is 37.4 Å². The number of Topliss-reactive ketones (excluding diaryl/α,β-unsaturated/α-hetero) is 1. The number of hydrogen-bond acceptors (Lipinski definition) is 6. The number of esters is 1. The van der Waals surface area contributed by atoms with Crippen molar-refractivity contribution in [3.05, 3.63) is 75.3 Å². The summed E-state index contributed by atoms with van der Waals surface area (Å²) in [5, 5.41) is 0.569. The Morgan fingerprint density at radius 2 is 1.80 bits per heavy atom. The fourth-order valence-electron chi connectivity index (χ4n) is 4.58. The van der Waals surface area contributed by atoms with Gasteiger partial charge < -0.3 is 14.6 Å². The Labute approximate surface area is 203 Å². The van der Waals surface area contributed by atoms with E-state index in [9.17, 15) is 19.2 Å². The van der Waals surface area contributed by atoms with Crippen LogP contribution in [-0.2, 0) is 16.0 Å². The molecule has 1 aliphatic heterocycles. The number of aromatic amines is 1. The highest BCUT2D eigenvalue weighted by Crippen LogP contribution is 2.23. The first kappa shape index (κ1) is 24.3. The standard InChI is InChI=1S/C27H29N3O5/c1-17-6-3-9-21-24(17)28-22(29-26(21)33)10-5-11-23(31)30-14-12-18(13-15-30)25(32)19-7-4-8-20(16-19)27(34)35-2/h3-4,6-9,16,18H,5,10-15H2,1-2H3,(H,28,29,33). The van der Waals surface area contributed by atoms with Gasteiger partial charge in [0.15, 0.2) is 5.78 Å². The number of H-pyrrole nitrogens is 1. The van der Waals surface area contributed by atoms with Crippen molar-refractivity contribution in [3.8, 4) is 0 Å². The molecular formula is C27H29N3O5. The number of nitrogens with one attached hydrogen (secondary N) is 1. The van der Waals surface area contributed by atoms with E-state index in [1.165, 1.54) is 7.11 Å². The molecule has 0 bridgehead atoms. The number of benzene rings is 2. The SMILES string of the molecule is COC(=O)c1cccc(C(=O)C2CCN(C(=O)CCCc3nc4c(C)cccc4c(=O)[nH]3)CC2)c1. The first-order chi connectivity index (χ1) is 16.9. The van der Waals surface area contributed by atoms with E-state index in [0.29, 0.717) is 73.0 Å². The highest BCUT2D eigenvalue weighted by atomic mass is 16.5. The van der Waals surface area contributed by atoms with Gasteiger partial charge in [-0.15, -0.1) is 0 Å². The third-order valence-corrected chi connectivity index (χ3v) is 6.58. The number of hydrogen-bond donors (Lipinski definition) is 1. The number of ketones is 1. The molecule has 182 valence electrons. The number of methoxy groups -OCH3 is 1. The minimum atomic E-state index is -0.474. The average Bonchev–Trinajstić information content (AvgIpc) is 2.88. The number of aryl methyl sites for hydroxylation is 2. The normalized spacial score (nSPS) is 14.2. The van der Waals surface area contributed by atoms with Gasteiger partial charge in [-0.05, 0) is 49.9 Å². The molecule has 0 spiro atoms. The van der Waals surface area contributed by atoms with Crippen molar-refractivity contribution in [1.82, 2.24) is 14.9 Å². The zero-order chi connectivity index (χ0) is 24.9. The molecule has 1 saturated heterocycles. The van der Waals surface area contributed by atoms with Gasteiger partial charge in [-0.3, -0.25) is 14.4 Å². The van der Waals surface area contributed by atoms with Gasteiger partial charge in [-0.25, -0.2) is 9.78 Å². The van der Waals surface area contributed by atoms with E-state index in [1.807, 2.05) is 19.1 Å². The summed E-state index contributed by atoms with van der Waals surface area (Å²) in [5.41, 5.74) is 2.32. The fraction of sp³-hybridized carbons (Fsp3) is 0.370. The number of rotatable bonds is 7. The first-order valence-electron chi connectivity index (χ1n) is 11.9. The van der Waals surface area contributed by atoms with Crippen molar-refractivity contribution >= 4 is 28.6 Å². The maximum Gasteiger partial charge on any atom is 0.337 e. The smallest absolute Gasteiger partial charge is 0.337 e. The van der Waals surface area contributed by atoms with Gasteiger partial charge >= 0.3 is 5.97 Å². The molecule has 2 aromatic carbocycles. The monoisotopic (exact) mass is 475 g/mol. The number of piperidine rings is 1. The lowest BCUT2D eigenvalue weighted by Crippen LogP contribution is -2.40. The van der Waals surface area contributed by atoms with Gasteiger partial charge in [-0.2, -0.15) is 0 Å². The van der Waals surface area contributed by atoms with Crippen LogP contribution in [0.2, 0.25) is 0 Å². The van der Waals surface area contributed by atoms with Crippen LogP contribution in [0.15, 0.2) is 47.3 Å². The van der Waals surface area contributed by atoms with Crippen molar-refractivity contribution < 1.29 is 19.1 Å². The van der Waals surface area contributed by atoms with E-state index in [4.69, 9.17) is 4.74 Å². The van der Waals surface area contributed by atoms with Crippen LogP contribution in [0.25, 0.3) is 10.9 Å². The second kappa shape index (κ2) is 10.6. The fourth-order valence-corrected chi connectivity index (χ4v) is 4.58. The Morgan fingerprint density at radius 3 is 2.54 bits per heavy atom. The molecule has 1 N–H and O–H groups in total. The molecule has 0 aliphatic carbocycles. The number of aromatic nitrogens is 2. The second-order valence-electron chi connectivity index (χ2n) is 8.93. The van der Waals surface area contributed by atoms with Crippen molar-refractivity contribution in [2.24, 2.45) is 5.92 Å². The molecule has 4 rings (SSSR count). The zero-order valence-electron chi connectivity index (χ0n) is 20.0. The number of para-hydroxylation sites is 1. The molecule has 35 heavy (non-hydrogen) atoms. The quantitative estimate of drug-likeness (QED) is 0.414. The van der Waals surface area contributed by atoms with Gasteiger partial charge in [-0.1, -0.05) is 24.3 Å². The number of nitrogens with zero attached hydrogens (tertiary/aromatic N) is 2. The Morgan fingerprint density at radius 1 is 1.09 bits per heavy atom. The molecule has 8 nitrogen and oxygen atoms in total. The minimum absolute atomic E-state index is 0.00974. The third kappa shape index (κ3) is 5.48. The van der Waals surface area contributed by atoms with Gasteiger partial charge in [0.05, 0.1) is 23.6 Å². The summed E-state index contributed by atoms with van der Waals surface area (Å²) in [7, 11) is 1.31. The Hall–Kier alpha value is -3.81. The molecule has 0 saturated carbocycles. The van der Waals surface area contributed by atoms with Crippen LogP contribution in [0.1, 0.15) is 57.8 Å². The van der Waals surface area contributed by atoms with Crippen LogP contribution >= 0.6 is 0 Å². The highest BCUT2D eigenvalue weighted by molar-refractivity contribution is 6.00. The van der Waals surface area contributed by atoms with E-state index >= 15 is 0 Å². The lowest BCUT2D eigenvalue weighted by Gasteiger charge is -2.31. The predicted octanol–water partition coefficient (Wildman–Crippen LogP) is 3.46. The average molecular weight is 476 g/mol. The molecule has 3 aromatic rings. The molecule has 1 fully saturated rings. The number of fused-ring (bicyclic) bond motifs is 1. The summed E-state index contributed by atoms with van der Waals surface area (Å²) in [6, 6.07) is 12.1. The second-order valence-corrected chi connectivity index (χ2v) is 8.93. The largest absolute Gasteiger partial charge is 0.465 e. The maximum absolute atomic E-state index is 12.9. The van der Waals surface area contributed by atoms with Crippen LogP contribution < -0.4 is 5.56 Å². The van der Waals surface area contributed by atoms with Crippen LogP contribution in [-0.4, -0.2) is 52.7 Å². The first-order valence-corrected chi connectivity index (χ1v) is 11.9. The maximum atomic E-state index is 12.9. The third-order valence-electron chi connectivity index (χ3n) is 6.58. The molecule has 8 heteroatoms. The Balaban J connectivity index is 1.29. The summed E-state index contributed by atoms with van der Waals surface area (Å²) in [6.45, 7) is 2.97. The van der Waals surface area contributed by atoms with E-state index in [0.717, 1.165) is 5.56 Å². The molecule has 0 unspecified atom stereocenters. The predicted molar refractivity (Wildman–Crippen MR) is 131 cm³/mol. The molecule has 0 radical (unpaired) electrons. The zero-order valence-corrected chi connectivity index (χ0v) is 20.0. The van der Waals surface area contributed by atoms with Crippen molar-refractivity contribution in [1.29, 1.82) is 0 Å². The summed E-state index contributed by atoms with van der Waals surface area (Å²) in [5.74, 6) is -0.0318. The van der Waals surface area contributed by atoms with Gasteiger partial charge in [0.1, 0.15) is 5.82 Å². The van der Waals surface area contributed by atoms with Crippen LogP contribution in [0.4, 0.5) is 0 Å².